The summed E-state index contributed by atoms with van der Waals surface area (Å²) in [6, 6.07) is 0. The van der Waals surface area contributed by atoms with Crippen LogP contribution in [0.3, 0.4) is 0 Å². The summed E-state index contributed by atoms with van der Waals surface area (Å²) in [5, 5.41) is 12.3. The van der Waals surface area contributed by atoms with E-state index in [4.69, 9.17) is 10.8 Å². The molecule has 0 bridgehead atoms. The first kappa shape index (κ1) is 11.9. The van der Waals surface area contributed by atoms with Crippen molar-refractivity contribution < 1.29 is 19.5 Å². The van der Waals surface area contributed by atoms with Crippen LogP contribution < -0.4 is 5.73 Å². The highest BCUT2D eigenvalue weighted by Gasteiger charge is 2.06. The number of esters is 1. The Morgan fingerprint density at radius 2 is 2.31 bits per heavy atom. The second-order valence-electron chi connectivity index (χ2n) is 2.35. The Hall–Kier alpha value is -1.14. The van der Waals surface area contributed by atoms with Crippen LogP contribution in [0, 0.1) is 0 Å². The van der Waals surface area contributed by atoms with Crippen LogP contribution in [0.25, 0.3) is 0 Å². The number of aliphatic hydroxyl groups excluding tert-OH is 1. The van der Waals surface area contributed by atoms with E-state index in [-0.39, 0.29) is 18.9 Å². The van der Waals surface area contributed by atoms with Gasteiger partial charge < -0.3 is 20.4 Å². The fourth-order valence-corrected chi connectivity index (χ4v) is 0.473. The summed E-state index contributed by atoms with van der Waals surface area (Å²) < 4.78 is 4.36. The summed E-state index contributed by atoms with van der Waals surface area (Å²) in [4.78, 5) is 15.4. The smallest absolute Gasteiger partial charge is 0.355 e. The molecule has 6 heteroatoms. The highest BCUT2D eigenvalue weighted by Crippen LogP contribution is 1.87. The number of carbonyl (C=O) groups is 1. The fraction of sp³-hybridized carbons (Fsp3) is 0.714. The number of carbonyl (C=O) groups excluding carboxylic acids is 1. The van der Waals surface area contributed by atoms with Crippen molar-refractivity contribution in [2.75, 3.05) is 20.3 Å². The molecule has 3 N–H and O–H groups in total. The molecular formula is C7H14N2O4. The Kier molecular flexibility index (Phi) is 5.82. The zero-order valence-corrected chi connectivity index (χ0v) is 7.69. The van der Waals surface area contributed by atoms with E-state index in [9.17, 15) is 4.79 Å². The summed E-state index contributed by atoms with van der Waals surface area (Å²) in [7, 11) is 1.25. The molecule has 0 saturated carbocycles. The van der Waals surface area contributed by atoms with Gasteiger partial charge in [-0.3, -0.25) is 0 Å². The number of hydrogen-bond donors (Lipinski definition) is 2. The molecule has 76 valence electrons. The lowest BCUT2D eigenvalue weighted by atomic mass is 10.4. The molecule has 0 aliphatic carbocycles. The maximum Gasteiger partial charge on any atom is 0.355 e. The molecule has 1 unspecified atom stereocenters. The molecular weight excluding hydrogens is 176 g/mol. The van der Waals surface area contributed by atoms with Crippen LogP contribution in [0.4, 0.5) is 0 Å². The minimum absolute atomic E-state index is 0.0369. The number of aliphatic hydroxyl groups is 1. The summed E-state index contributed by atoms with van der Waals surface area (Å²) in [6.07, 6.45) is -0.769. The minimum Gasteiger partial charge on any atom is -0.464 e. The number of nitrogens with two attached hydrogens (primary N) is 1. The number of nitrogens with zero attached hydrogens (tertiary/aromatic N) is 1. The van der Waals surface area contributed by atoms with Gasteiger partial charge in [-0.15, -0.1) is 0 Å². The molecule has 1 atom stereocenters. The van der Waals surface area contributed by atoms with Crippen molar-refractivity contribution in [3.05, 3.63) is 0 Å². The Bertz CT molecular complexity index is 193. The summed E-state index contributed by atoms with van der Waals surface area (Å²) >= 11 is 0. The zero-order chi connectivity index (χ0) is 10.3. The van der Waals surface area contributed by atoms with Gasteiger partial charge in [0.1, 0.15) is 12.7 Å². The Morgan fingerprint density at radius 3 is 2.77 bits per heavy atom. The molecule has 0 amide bonds. The molecule has 0 radical (unpaired) electrons. The van der Waals surface area contributed by atoms with Crippen molar-refractivity contribution in [2.24, 2.45) is 10.9 Å². The van der Waals surface area contributed by atoms with Crippen molar-refractivity contribution in [1.82, 2.24) is 0 Å². The number of oxime groups is 1. The Labute approximate surface area is 76.3 Å². The van der Waals surface area contributed by atoms with E-state index < -0.39 is 12.1 Å². The van der Waals surface area contributed by atoms with Gasteiger partial charge in [0.05, 0.1) is 7.11 Å². The van der Waals surface area contributed by atoms with Gasteiger partial charge in [-0.2, -0.15) is 0 Å². The Balaban J connectivity index is 3.77. The van der Waals surface area contributed by atoms with Crippen LogP contribution in [-0.2, 0) is 14.4 Å². The standard InChI is InChI=1S/C7H14N2O4/c1-5(7(11)12-2)9-13-4-6(10)3-8/h6,10H,3-4,8H2,1-2H3. The lowest BCUT2D eigenvalue weighted by Gasteiger charge is -2.05. The van der Waals surface area contributed by atoms with Crippen LogP contribution in [0.15, 0.2) is 5.16 Å². The fourth-order valence-electron chi connectivity index (χ4n) is 0.473. The molecule has 0 aliphatic heterocycles. The molecule has 0 aliphatic rings. The van der Waals surface area contributed by atoms with E-state index in [1.807, 2.05) is 0 Å². The highest BCUT2D eigenvalue weighted by molar-refractivity contribution is 6.35. The van der Waals surface area contributed by atoms with Crippen LogP contribution in [0.1, 0.15) is 6.92 Å². The van der Waals surface area contributed by atoms with E-state index in [1.54, 1.807) is 0 Å². The molecule has 0 aromatic rings. The van der Waals surface area contributed by atoms with Crippen molar-refractivity contribution in [3.8, 4) is 0 Å². The number of methoxy groups -OCH3 is 1. The topological polar surface area (TPSA) is 94.1 Å². The number of ether oxygens (including phenoxy) is 1. The molecule has 0 spiro atoms. The first-order valence-corrected chi connectivity index (χ1v) is 3.74. The van der Waals surface area contributed by atoms with E-state index >= 15 is 0 Å². The predicted molar refractivity (Wildman–Crippen MR) is 46.1 cm³/mol. The van der Waals surface area contributed by atoms with Gasteiger partial charge in [-0.05, 0) is 6.92 Å². The maximum atomic E-state index is 10.7. The van der Waals surface area contributed by atoms with Gasteiger partial charge in [-0.25, -0.2) is 4.79 Å². The lowest BCUT2D eigenvalue weighted by molar-refractivity contribution is -0.133. The molecule has 0 heterocycles. The highest BCUT2D eigenvalue weighted by atomic mass is 16.6. The second-order valence-corrected chi connectivity index (χ2v) is 2.35. The maximum absolute atomic E-state index is 10.7. The van der Waals surface area contributed by atoms with Gasteiger partial charge in [0.2, 0.25) is 0 Å². The second kappa shape index (κ2) is 6.38. The van der Waals surface area contributed by atoms with Crippen LogP contribution in [0.2, 0.25) is 0 Å². The lowest BCUT2D eigenvalue weighted by Crippen LogP contribution is -2.24. The average Bonchev–Trinajstić information content (AvgIpc) is 2.15. The van der Waals surface area contributed by atoms with E-state index in [0.717, 1.165) is 0 Å². The van der Waals surface area contributed by atoms with Crippen molar-refractivity contribution in [3.63, 3.8) is 0 Å². The Morgan fingerprint density at radius 1 is 1.69 bits per heavy atom. The van der Waals surface area contributed by atoms with Crippen LogP contribution in [-0.4, -0.2) is 43.2 Å². The summed E-state index contributed by atoms with van der Waals surface area (Å²) in [5.41, 5.74) is 5.19. The van der Waals surface area contributed by atoms with Gasteiger partial charge in [0.15, 0.2) is 5.71 Å². The van der Waals surface area contributed by atoms with Crippen LogP contribution >= 0.6 is 0 Å². The van der Waals surface area contributed by atoms with E-state index in [2.05, 4.69) is 14.7 Å². The van der Waals surface area contributed by atoms with Gasteiger partial charge >= 0.3 is 5.97 Å². The minimum atomic E-state index is -0.769. The van der Waals surface area contributed by atoms with Crippen molar-refractivity contribution in [2.45, 2.75) is 13.0 Å². The molecule has 6 nitrogen and oxygen atoms in total. The third-order valence-electron chi connectivity index (χ3n) is 1.22. The molecule has 0 fully saturated rings. The molecule has 0 aromatic heterocycles. The monoisotopic (exact) mass is 190 g/mol. The van der Waals surface area contributed by atoms with Crippen molar-refractivity contribution >= 4 is 11.7 Å². The van der Waals surface area contributed by atoms with E-state index in [1.165, 1.54) is 14.0 Å². The normalized spacial score (nSPS) is 13.7. The third-order valence-corrected chi connectivity index (χ3v) is 1.22. The quantitative estimate of drug-likeness (QED) is 0.325. The third kappa shape index (κ3) is 5.15. The van der Waals surface area contributed by atoms with Gasteiger partial charge in [0.25, 0.3) is 0 Å². The van der Waals surface area contributed by atoms with Gasteiger partial charge in [0, 0.05) is 6.54 Å². The largest absolute Gasteiger partial charge is 0.464 e. The summed E-state index contributed by atoms with van der Waals surface area (Å²) in [5.74, 6) is -0.567. The average molecular weight is 190 g/mol. The van der Waals surface area contributed by atoms with E-state index in [0.29, 0.717) is 0 Å². The molecule has 0 rings (SSSR count). The molecule has 0 aromatic carbocycles. The zero-order valence-electron chi connectivity index (χ0n) is 7.69. The first-order valence-electron chi connectivity index (χ1n) is 3.74. The number of rotatable bonds is 5. The van der Waals surface area contributed by atoms with Crippen LogP contribution in [0.5, 0.6) is 0 Å². The molecule has 0 saturated heterocycles. The van der Waals surface area contributed by atoms with Gasteiger partial charge in [-0.1, -0.05) is 5.16 Å². The molecule has 13 heavy (non-hydrogen) atoms. The predicted octanol–water partition coefficient (Wildman–Crippen LogP) is -1.13. The summed E-state index contributed by atoms with van der Waals surface area (Å²) in [6.45, 7) is 1.50. The SMILES string of the molecule is COC(=O)C(C)=NOCC(O)CN. The number of hydrogen-bond acceptors (Lipinski definition) is 6. The van der Waals surface area contributed by atoms with Crippen molar-refractivity contribution in [1.29, 1.82) is 0 Å². The first-order chi connectivity index (χ1) is 6.11.